The molecule has 4 nitrogen and oxygen atoms in total. The second-order valence-electron chi connectivity index (χ2n) is 4.53. The van der Waals surface area contributed by atoms with Crippen molar-refractivity contribution in [1.29, 1.82) is 0 Å². The molecule has 0 aliphatic heterocycles. The standard InChI is InChI=1S/C15H18N2O2S/c1-3-17(14-10-8-13(16)9-11-14)20(18,19)15-7-5-4-6-12(15)2/h4-11H,3,16H2,1-2H3. The van der Waals surface area contributed by atoms with Crippen molar-refractivity contribution in [3.05, 3.63) is 54.1 Å². The zero-order valence-corrected chi connectivity index (χ0v) is 12.4. The van der Waals surface area contributed by atoms with Gasteiger partial charge in [-0.05, 0) is 49.7 Å². The Morgan fingerprint density at radius 2 is 1.65 bits per heavy atom. The minimum absolute atomic E-state index is 0.332. The summed E-state index contributed by atoms with van der Waals surface area (Å²) >= 11 is 0. The van der Waals surface area contributed by atoms with Gasteiger partial charge >= 0.3 is 0 Å². The van der Waals surface area contributed by atoms with Crippen LogP contribution < -0.4 is 10.0 Å². The van der Waals surface area contributed by atoms with Gasteiger partial charge < -0.3 is 5.73 Å². The van der Waals surface area contributed by atoms with Crippen molar-refractivity contribution < 1.29 is 8.42 Å². The molecule has 0 amide bonds. The number of sulfonamides is 1. The van der Waals surface area contributed by atoms with Crippen LogP contribution in [0.3, 0.4) is 0 Å². The lowest BCUT2D eigenvalue weighted by molar-refractivity contribution is 0.591. The van der Waals surface area contributed by atoms with E-state index in [1.165, 1.54) is 4.31 Å². The summed E-state index contributed by atoms with van der Waals surface area (Å²) in [7, 11) is -3.56. The molecule has 0 unspecified atom stereocenters. The van der Waals surface area contributed by atoms with E-state index in [9.17, 15) is 8.42 Å². The van der Waals surface area contributed by atoms with Gasteiger partial charge in [-0.25, -0.2) is 8.42 Å². The molecule has 0 spiro atoms. The zero-order chi connectivity index (χ0) is 14.8. The smallest absolute Gasteiger partial charge is 0.264 e. The summed E-state index contributed by atoms with van der Waals surface area (Å²) in [4.78, 5) is 0.332. The van der Waals surface area contributed by atoms with Crippen LogP contribution in [-0.2, 0) is 10.0 Å². The highest BCUT2D eigenvalue weighted by Crippen LogP contribution is 2.25. The molecule has 0 aliphatic carbocycles. The average Bonchev–Trinajstić information content (AvgIpc) is 2.42. The van der Waals surface area contributed by atoms with Crippen molar-refractivity contribution in [1.82, 2.24) is 0 Å². The molecule has 0 radical (unpaired) electrons. The number of hydrogen-bond acceptors (Lipinski definition) is 3. The summed E-state index contributed by atoms with van der Waals surface area (Å²) in [6.07, 6.45) is 0. The van der Waals surface area contributed by atoms with Crippen LogP contribution in [0.15, 0.2) is 53.4 Å². The molecule has 0 saturated carbocycles. The van der Waals surface area contributed by atoms with E-state index in [0.29, 0.717) is 22.8 Å². The van der Waals surface area contributed by atoms with Gasteiger partial charge in [0.25, 0.3) is 10.0 Å². The lowest BCUT2D eigenvalue weighted by Crippen LogP contribution is -2.31. The first-order valence-corrected chi connectivity index (χ1v) is 7.84. The van der Waals surface area contributed by atoms with Gasteiger partial charge in [0.15, 0.2) is 0 Å². The van der Waals surface area contributed by atoms with Gasteiger partial charge in [-0.15, -0.1) is 0 Å². The van der Waals surface area contributed by atoms with Crippen LogP contribution in [0.4, 0.5) is 11.4 Å². The van der Waals surface area contributed by atoms with Crippen molar-refractivity contribution in [2.45, 2.75) is 18.7 Å². The van der Waals surface area contributed by atoms with Gasteiger partial charge in [0.1, 0.15) is 0 Å². The molecule has 0 heterocycles. The Hall–Kier alpha value is -2.01. The van der Waals surface area contributed by atoms with Gasteiger partial charge in [-0.3, -0.25) is 4.31 Å². The summed E-state index contributed by atoms with van der Waals surface area (Å²) in [6, 6.07) is 13.8. The Morgan fingerprint density at radius 1 is 1.05 bits per heavy atom. The van der Waals surface area contributed by atoms with Gasteiger partial charge in [0.2, 0.25) is 0 Å². The summed E-state index contributed by atoms with van der Waals surface area (Å²) in [5.74, 6) is 0. The topological polar surface area (TPSA) is 63.4 Å². The molecule has 2 aromatic carbocycles. The number of rotatable bonds is 4. The first kappa shape index (κ1) is 14.4. The van der Waals surface area contributed by atoms with E-state index in [1.807, 2.05) is 13.0 Å². The summed E-state index contributed by atoms with van der Waals surface area (Å²) in [5.41, 5.74) is 7.61. The van der Waals surface area contributed by atoms with Crippen LogP contribution >= 0.6 is 0 Å². The molecule has 0 aliphatic rings. The van der Waals surface area contributed by atoms with Crippen molar-refractivity contribution in [2.75, 3.05) is 16.6 Å². The maximum atomic E-state index is 12.8. The largest absolute Gasteiger partial charge is 0.399 e. The third-order valence-corrected chi connectivity index (χ3v) is 5.19. The van der Waals surface area contributed by atoms with Crippen molar-refractivity contribution in [3.8, 4) is 0 Å². The fourth-order valence-electron chi connectivity index (χ4n) is 2.10. The number of anilines is 2. The predicted molar refractivity (Wildman–Crippen MR) is 82.2 cm³/mol. The molecule has 20 heavy (non-hydrogen) atoms. The van der Waals surface area contributed by atoms with Gasteiger partial charge in [-0.2, -0.15) is 0 Å². The first-order chi connectivity index (χ1) is 9.46. The Balaban J connectivity index is 2.51. The molecule has 106 valence electrons. The van der Waals surface area contributed by atoms with Crippen LogP contribution in [0.2, 0.25) is 0 Å². The van der Waals surface area contributed by atoms with Crippen molar-refractivity contribution in [3.63, 3.8) is 0 Å². The Labute approximate surface area is 119 Å². The highest BCUT2D eigenvalue weighted by molar-refractivity contribution is 7.92. The molecule has 2 rings (SSSR count). The Kier molecular flexibility index (Phi) is 3.99. The summed E-state index contributed by atoms with van der Waals surface area (Å²) in [6.45, 7) is 3.97. The molecule has 0 saturated heterocycles. The van der Waals surface area contributed by atoms with Crippen LogP contribution in [0.5, 0.6) is 0 Å². The van der Waals surface area contributed by atoms with Crippen LogP contribution in [0.1, 0.15) is 12.5 Å². The second-order valence-corrected chi connectivity index (χ2v) is 6.36. The van der Waals surface area contributed by atoms with Gasteiger partial charge in [0, 0.05) is 12.2 Å². The molecule has 0 bridgehead atoms. The van der Waals surface area contributed by atoms with Crippen LogP contribution in [-0.4, -0.2) is 15.0 Å². The van der Waals surface area contributed by atoms with E-state index >= 15 is 0 Å². The van der Waals surface area contributed by atoms with Crippen molar-refractivity contribution in [2.24, 2.45) is 0 Å². The zero-order valence-electron chi connectivity index (χ0n) is 11.6. The molecule has 5 heteroatoms. The van der Waals surface area contributed by atoms with E-state index in [2.05, 4.69) is 0 Å². The molecular formula is C15H18N2O2S. The highest BCUT2D eigenvalue weighted by atomic mass is 32.2. The third-order valence-electron chi connectivity index (χ3n) is 3.13. The minimum Gasteiger partial charge on any atom is -0.399 e. The van der Waals surface area contributed by atoms with Crippen LogP contribution in [0, 0.1) is 6.92 Å². The minimum atomic E-state index is -3.56. The predicted octanol–water partition coefficient (Wildman–Crippen LogP) is 2.79. The second kappa shape index (κ2) is 5.54. The first-order valence-electron chi connectivity index (χ1n) is 6.40. The number of nitrogen functional groups attached to an aromatic ring is 1. The van der Waals surface area contributed by atoms with E-state index in [-0.39, 0.29) is 0 Å². The lowest BCUT2D eigenvalue weighted by Gasteiger charge is -2.23. The van der Waals surface area contributed by atoms with Gasteiger partial charge in [0.05, 0.1) is 10.6 Å². The van der Waals surface area contributed by atoms with Gasteiger partial charge in [-0.1, -0.05) is 18.2 Å². The van der Waals surface area contributed by atoms with E-state index in [4.69, 9.17) is 5.73 Å². The molecule has 0 atom stereocenters. The number of hydrogen-bond donors (Lipinski definition) is 1. The quantitative estimate of drug-likeness (QED) is 0.881. The monoisotopic (exact) mass is 290 g/mol. The maximum absolute atomic E-state index is 12.8. The number of benzene rings is 2. The average molecular weight is 290 g/mol. The molecule has 0 fully saturated rings. The number of nitrogens with two attached hydrogens (primary N) is 1. The fraction of sp³-hybridized carbons (Fsp3) is 0.200. The SMILES string of the molecule is CCN(c1ccc(N)cc1)S(=O)(=O)c1ccccc1C. The van der Waals surface area contributed by atoms with Crippen molar-refractivity contribution >= 4 is 21.4 Å². The molecule has 0 aromatic heterocycles. The normalized spacial score (nSPS) is 11.3. The van der Waals surface area contributed by atoms with E-state index in [1.54, 1.807) is 49.4 Å². The number of aryl methyl sites for hydroxylation is 1. The molecular weight excluding hydrogens is 272 g/mol. The highest BCUT2D eigenvalue weighted by Gasteiger charge is 2.24. The Bertz CT molecular complexity index is 694. The summed E-state index contributed by atoms with van der Waals surface area (Å²) < 4.78 is 26.9. The third kappa shape index (κ3) is 2.63. The number of nitrogens with zero attached hydrogens (tertiary/aromatic N) is 1. The fourth-order valence-corrected chi connectivity index (χ4v) is 3.80. The van der Waals surface area contributed by atoms with Crippen LogP contribution in [0.25, 0.3) is 0 Å². The Morgan fingerprint density at radius 3 is 2.20 bits per heavy atom. The lowest BCUT2D eigenvalue weighted by atomic mass is 10.2. The summed E-state index contributed by atoms with van der Waals surface area (Å²) in [5, 5.41) is 0. The van der Waals surface area contributed by atoms with E-state index in [0.717, 1.165) is 5.56 Å². The van der Waals surface area contributed by atoms with E-state index < -0.39 is 10.0 Å². The molecule has 2 aromatic rings. The maximum Gasteiger partial charge on any atom is 0.264 e. The molecule has 2 N–H and O–H groups in total.